The van der Waals surface area contributed by atoms with Gasteiger partial charge in [0.1, 0.15) is 5.60 Å². The van der Waals surface area contributed by atoms with Crippen molar-refractivity contribution in [3.63, 3.8) is 0 Å². The summed E-state index contributed by atoms with van der Waals surface area (Å²) in [5.74, 6) is -0.310. The summed E-state index contributed by atoms with van der Waals surface area (Å²) in [5.41, 5.74) is -1.10. The smallest absolute Gasteiger partial charge is 0.407 e. The van der Waals surface area contributed by atoms with E-state index in [2.05, 4.69) is 21.3 Å². The van der Waals surface area contributed by atoms with Crippen LogP contribution in [0.1, 0.15) is 48.5 Å². The Morgan fingerprint density at radius 1 is 1.04 bits per heavy atom. The van der Waals surface area contributed by atoms with E-state index in [1.165, 1.54) is 0 Å². The van der Waals surface area contributed by atoms with Crippen molar-refractivity contribution in [3.05, 3.63) is 0 Å². The third-order valence-electron chi connectivity index (χ3n) is 3.52. The van der Waals surface area contributed by atoms with Crippen LogP contribution in [-0.2, 0) is 9.53 Å². The maximum atomic E-state index is 11.8. The van der Waals surface area contributed by atoms with Crippen LogP contribution in [0.15, 0.2) is 0 Å². The van der Waals surface area contributed by atoms with Crippen molar-refractivity contribution < 1.29 is 19.1 Å². The number of hydrogen-bond acceptors (Lipinski definition) is 5. The van der Waals surface area contributed by atoms with Gasteiger partial charge in [-0.2, -0.15) is 0 Å². The Bertz CT molecular complexity index is 446. The molecule has 0 aliphatic rings. The van der Waals surface area contributed by atoms with E-state index in [-0.39, 0.29) is 19.0 Å². The molecule has 0 aromatic rings. The number of nitrogens with one attached hydrogen (secondary N) is 4. The molecule has 0 aromatic heterocycles. The van der Waals surface area contributed by atoms with Crippen LogP contribution in [0, 0.1) is 5.92 Å². The molecule has 0 rings (SSSR count). The van der Waals surface area contributed by atoms with Gasteiger partial charge in [-0.3, -0.25) is 10.1 Å². The van der Waals surface area contributed by atoms with Gasteiger partial charge in [0, 0.05) is 18.6 Å². The third kappa shape index (κ3) is 9.34. The van der Waals surface area contributed by atoms with Crippen LogP contribution in [0.3, 0.4) is 0 Å². The number of alkyl carbamates (subject to hydrolysis) is 1. The normalized spacial score (nSPS) is 13.8. The molecule has 0 aliphatic carbocycles. The van der Waals surface area contributed by atoms with E-state index in [9.17, 15) is 14.4 Å². The first-order valence-electron chi connectivity index (χ1n) is 8.19. The summed E-state index contributed by atoms with van der Waals surface area (Å²) < 4.78 is 5.21. The second-order valence-corrected chi connectivity index (χ2v) is 7.19. The highest BCUT2D eigenvalue weighted by molar-refractivity contribution is 5.95. The molecule has 4 N–H and O–H groups in total. The van der Waals surface area contributed by atoms with E-state index in [0.717, 1.165) is 0 Å². The number of hydrogen-bond donors (Lipinski definition) is 4. The van der Waals surface area contributed by atoms with Gasteiger partial charge >= 0.3 is 12.1 Å². The van der Waals surface area contributed by atoms with Gasteiger partial charge in [0.2, 0.25) is 5.91 Å². The molecule has 0 bridgehead atoms. The predicted molar refractivity (Wildman–Crippen MR) is 92.7 cm³/mol. The van der Waals surface area contributed by atoms with E-state index >= 15 is 0 Å². The Labute approximate surface area is 144 Å². The molecule has 0 saturated heterocycles. The molecular formula is C16H32N4O4. The monoisotopic (exact) mass is 344 g/mol. The lowest BCUT2D eigenvalue weighted by atomic mass is 9.88. The van der Waals surface area contributed by atoms with Crippen LogP contribution >= 0.6 is 0 Å². The molecule has 0 heterocycles. The van der Waals surface area contributed by atoms with Gasteiger partial charge in [-0.25, -0.2) is 9.59 Å². The highest BCUT2D eigenvalue weighted by Crippen LogP contribution is 2.15. The maximum Gasteiger partial charge on any atom is 0.407 e. The van der Waals surface area contributed by atoms with E-state index in [4.69, 9.17) is 4.74 Å². The summed E-state index contributed by atoms with van der Waals surface area (Å²) in [7, 11) is 0. The van der Waals surface area contributed by atoms with Crippen LogP contribution in [0.4, 0.5) is 9.59 Å². The molecule has 0 saturated carbocycles. The summed E-state index contributed by atoms with van der Waals surface area (Å²) in [6.07, 6.45) is -0.511. The predicted octanol–water partition coefficient (Wildman–Crippen LogP) is 1.36. The third-order valence-corrected chi connectivity index (χ3v) is 3.52. The number of carbonyl (C=O) groups is 3. The minimum atomic E-state index is -0.571. The zero-order valence-electron chi connectivity index (χ0n) is 15.8. The van der Waals surface area contributed by atoms with Crippen LogP contribution in [0.25, 0.3) is 0 Å². The molecule has 0 spiro atoms. The molecule has 24 heavy (non-hydrogen) atoms. The first-order chi connectivity index (χ1) is 10.9. The van der Waals surface area contributed by atoms with E-state index in [0.29, 0.717) is 6.54 Å². The van der Waals surface area contributed by atoms with Crippen molar-refractivity contribution in [2.45, 2.75) is 59.6 Å². The molecule has 0 radical (unpaired) electrons. The topological polar surface area (TPSA) is 109 Å². The highest BCUT2D eigenvalue weighted by Gasteiger charge is 2.30. The van der Waals surface area contributed by atoms with Gasteiger partial charge in [0.25, 0.3) is 0 Å². The number of rotatable bonds is 7. The number of urea groups is 1. The van der Waals surface area contributed by atoms with Crippen LogP contribution in [0.2, 0.25) is 0 Å². The molecule has 0 fully saturated rings. The zero-order valence-corrected chi connectivity index (χ0v) is 15.8. The molecule has 1 atom stereocenters. The quantitative estimate of drug-likeness (QED) is 0.558. The number of carbonyl (C=O) groups excluding carboxylic acids is 3. The second-order valence-electron chi connectivity index (χ2n) is 7.19. The molecule has 0 unspecified atom stereocenters. The van der Waals surface area contributed by atoms with Gasteiger partial charge in [-0.1, -0.05) is 13.8 Å². The maximum absolute atomic E-state index is 11.8. The molecule has 8 nitrogen and oxygen atoms in total. The fourth-order valence-corrected chi connectivity index (χ4v) is 1.70. The van der Waals surface area contributed by atoms with Gasteiger partial charge < -0.3 is 20.7 Å². The summed E-state index contributed by atoms with van der Waals surface area (Å²) in [4.78, 5) is 34.9. The summed E-state index contributed by atoms with van der Waals surface area (Å²) in [6.45, 7) is 13.7. The van der Waals surface area contributed by atoms with Crippen molar-refractivity contribution in [2.75, 3.05) is 19.6 Å². The molecule has 8 heteroatoms. The summed E-state index contributed by atoms with van der Waals surface area (Å²) >= 11 is 0. The average Bonchev–Trinajstić information content (AvgIpc) is 2.41. The van der Waals surface area contributed by atoms with Crippen molar-refractivity contribution in [2.24, 2.45) is 5.92 Å². The molecule has 0 aromatic carbocycles. The minimum Gasteiger partial charge on any atom is -0.444 e. The van der Waals surface area contributed by atoms with Crippen molar-refractivity contribution in [1.82, 2.24) is 21.3 Å². The van der Waals surface area contributed by atoms with E-state index < -0.39 is 29.2 Å². The van der Waals surface area contributed by atoms with Crippen LogP contribution in [0.5, 0.6) is 0 Å². The fraction of sp³-hybridized carbons (Fsp3) is 0.812. The number of ether oxygens (including phenoxy) is 1. The highest BCUT2D eigenvalue weighted by atomic mass is 16.6. The minimum absolute atomic E-state index is 0.0399. The first kappa shape index (κ1) is 22.2. The van der Waals surface area contributed by atoms with Gasteiger partial charge in [0.15, 0.2) is 0 Å². The van der Waals surface area contributed by atoms with Crippen LogP contribution < -0.4 is 21.3 Å². The number of amides is 4. The first-order valence-corrected chi connectivity index (χ1v) is 8.19. The van der Waals surface area contributed by atoms with Crippen molar-refractivity contribution in [1.29, 1.82) is 0 Å². The molecule has 4 amide bonds. The van der Waals surface area contributed by atoms with Gasteiger partial charge in [-0.05, 0) is 40.5 Å². The van der Waals surface area contributed by atoms with E-state index in [1.807, 2.05) is 20.8 Å². The van der Waals surface area contributed by atoms with Crippen LogP contribution in [-0.4, -0.2) is 48.8 Å². The lowest BCUT2D eigenvalue weighted by Crippen LogP contribution is -2.57. The molecule has 140 valence electrons. The fourth-order valence-electron chi connectivity index (χ4n) is 1.70. The summed E-state index contributed by atoms with van der Waals surface area (Å²) in [5, 5.41) is 10.5. The Morgan fingerprint density at radius 3 is 2.08 bits per heavy atom. The number of imide groups is 1. The lowest BCUT2D eigenvalue weighted by molar-refractivity contribution is -0.119. The molecular weight excluding hydrogens is 312 g/mol. The van der Waals surface area contributed by atoms with Crippen molar-refractivity contribution >= 4 is 18.0 Å². The second kappa shape index (κ2) is 9.46. The largest absolute Gasteiger partial charge is 0.444 e. The Balaban J connectivity index is 4.53. The lowest BCUT2D eigenvalue weighted by Gasteiger charge is -2.35. The van der Waals surface area contributed by atoms with Gasteiger partial charge in [0.05, 0.1) is 6.54 Å². The Morgan fingerprint density at radius 2 is 1.62 bits per heavy atom. The SMILES string of the molecule is CCNC(=O)NC(=O)CN[C@](C)(CNC(=O)OC(C)(C)C)C(C)C. The average molecular weight is 344 g/mol. The van der Waals surface area contributed by atoms with E-state index in [1.54, 1.807) is 27.7 Å². The Kier molecular flexibility index (Phi) is 8.74. The molecule has 0 aliphatic heterocycles. The zero-order chi connectivity index (χ0) is 19.0. The van der Waals surface area contributed by atoms with Gasteiger partial charge in [-0.15, -0.1) is 0 Å². The standard InChI is InChI=1S/C16H32N4O4/c1-8-17-13(22)20-12(21)9-19-16(7,11(2)3)10-18-14(23)24-15(4,5)6/h11,19H,8-10H2,1-7H3,(H,18,23)(H2,17,20,21,22)/t16-/m1/s1. The summed E-state index contributed by atoms with van der Waals surface area (Å²) in [6, 6.07) is -0.526. The Hall–Kier alpha value is -1.83. The van der Waals surface area contributed by atoms with Crippen molar-refractivity contribution in [3.8, 4) is 0 Å².